The molecule has 0 amide bonds. The minimum absolute atomic E-state index is 0.260. The smallest absolute Gasteiger partial charge is 0.255 e. The molecule has 0 fully saturated rings. The number of aromatic nitrogens is 2. The Morgan fingerprint density at radius 3 is 2.88 bits per heavy atom. The molecule has 0 spiro atoms. The van der Waals surface area contributed by atoms with E-state index in [0.717, 1.165) is 0 Å². The Labute approximate surface area is 107 Å². The van der Waals surface area contributed by atoms with E-state index in [2.05, 4.69) is 25.9 Å². The molecular formula is C10H14BrF2N3O. The number of halogens is 3. The minimum Gasteiger partial charge on any atom is -0.478 e. The lowest BCUT2D eigenvalue weighted by molar-refractivity contribution is 0.154. The molecule has 0 radical (unpaired) electrons. The van der Waals surface area contributed by atoms with E-state index in [4.69, 9.17) is 4.74 Å². The van der Waals surface area contributed by atoms with Crippen molar-refractivity contribution in [2.24, 2.45) is 0 Å². The number of nitrogens with zero attached hydrogens (tertiary/aromatic N) is 3. The highest BCUT2D eigenvalue weighted by Gasteiger charge is 2.15. The Bertz CT molecular complexity index is 341. The van der Waals surface area contributed by atoms with E-state index in [0.29, 0.717) is 24.4 Å². The van der Waals surface area contributed by atoms with Crippen molar-refractivity contribution in [2.75, 3.05) is 29.9 Å². The third-order valence-electron chi connectivity index (χ3n) is 1.91. The largest absolute Gasteiger partial charge is 0.478 e. The van der Waals surface area contributed by atoms with E-state index in [1.807, 2.05) is 6.92 Å². The standard InChI is InChI=1S/C10H14BrF2N3O/c1-2-17-9-3-5-14-10(15-9)16(6-4-11)7-8(12)13/h3,5,8H,2,4,6-7H2,1H3. The molecule has 0 N–H and O–H groups in total. The topological polar surface area (TPSA) is 38.2 Å². The summed E-state index contributed by atoms with van der Waals surface area (Å²) in [6, 6.07) is 1.60. The molecule has 1 rings (SSSR count). The van der Waals surface area contributed by atoms with E-state index in [1.165, 1.54) is 11.1 Å². The summed E-state index contributed by atoms with van der Waals surface area (Å²) in [6.45, 7) is 2.34. The second kappa shape index (κ2) is 7.37. The second-order valence-corrected chi connectivity index (χ2v) is 3.95. The lowest BCUT2D eigenvalue weighted by Gasteiger charge is -2.21. The fraction of sp³-hybridized carbons (Fsp3) is 0.600. The van der Waals surface area contributed by atoms with Crippen LogP contribution < -0.4 is 9.64 Å². The van der Waals surface area contributed by atoms with Crippen LogP contribution in [0.1, 0.15) is 6.92 Å². The van der Waals surface area contributed by atoms with Crippen molar-refractivity contribution < 1.29 is 13.5 Å². The molecule has 0 aliphatic heterocycles. The van der Waals surface area contributed by atoms with Gasteiger partial charge in [-0.3, -0.25) is 0 Å². The molecule has 1 aromatic rings. The molecule has 0 unspecified atom stereocenters. The van der Waals surface area contributed by atoms with Gasteiger partial charge in [-0.15, -0.1) is 0 Å². The molecule has 0 bridgehead atoms. The Balaban J connectivity index is 2.81. The lowest BCUT2D eigenvalue weighted by atomic mass is 10.5. The van der Waals surface area contributed by atoms with Crippen molar-refractivity contribution in [3.05, 3.63) is 12.3 Å². The van der Waals surface area contributed by atoms with Crippen molar-refractivity contribution in [1.29, 1.82) is 0 Å². The van der Waals surface area contributed by atoms with Crippen molar-refractivity contribution in [3.8, 4) is 5.88 Å². The zero-order chi connectivity index (χ0) is 12.7. The first kappa shape index (κ1) is 14.1. The SMILES string of the molecule is CCOc1ccnc(N(CCBr)CC(F)F)n1. The van der Waals surface area contributed by atoms with Crippen LogP contribution in [-0.4, -0.2) is 41.4 Å². The van der Waals surface area contributed by atoms with Gasteiger partial charge in [0.1, 0.15) is 0 Å². The molecule has 4 nitrogen and oxygen atoms in total. The maximum absolute atomic E-state index is 12.4. The predicted octanol–water partition coefficient (Wildman–Crippen LogP) is 2.34. The molecule has 0 atom stereocenters. The zero-order valence-electron chi connectivity index (χ0n) is 9.44. The van der Waals surface area contributed by atoms with Gasteiger partial charge in [0.25, 0.3) is 6.43 Å². The number of hydrogen-bond acceptors (Lipinski definition) is 4. The fourth-order valence-electron chi connectivity index (χ4n) is 1.25. The predicted molar refractivity (Wildman–Crippen MR) is 65.2 cm³/mol. The molecular weight excluding hydrogens is 296 g/mol. The molecule has 0 saturated heterocycles. The number of hydrogen-bond donors (Lipinski definition) is 0. The van der Waals surface area contributed by atoms with E-state index in [9.17, 15) is 8.78 Å². The normalized spacial score (nSPS) is 10.6. The highest BCUT2D eigenvalue weighted by atomic mass is 79.9. The van der Waals surface area contributed by atoms with Crippen LogP contribution >= 0.6 is 15.9 Å². The van der Waals surface area contributed by atoms with Crippen molar-refractivity contribution >= 4 is 21.9 Å². The molecule has 1 heterocycles. The van der Waals surface area contributed by atoms with Crippen LogP contribution in [0.25, 0.3) is 0 Å². The van der Waals surface area contributed by atoms with Crippen LogP contribution in [0.5, 0.6) is 5.88 Å². The fourth-order valence-corrected chi connectivity index (χ4v) is 1.68. The van der Waals surface area contributed by atoms with Gasteiger partial charge >= 0.3 is 0 Å². The molecule has 96 valence electrons. The maximum atomic E-state index is 12.4. The summed E-state index contributed by atoms with van der Waals surface area (Å²) in [7, 11) is 0. The first-order chi connectivity index (χ1) is 8.17. The van der Waals surface area contributed by atoms with Gasteiger partial charge in [-0.05, 0) is 6.92 Å². The number of anilines is 1. The van der Waals surface area contributed by atoms with E-state index in [1.54, 1.807) is 6.07 Å². The van der Waals surface area contributed by atoms with Crippen LogP contribution in [0.15, 0.2) is 12.3 Å². The Morgan fingerprint density at radius 1 is 1.53 bits per heavy atom. The van der Waals surface area contributed by atoms with Crippen LogP contribution in [0.3, 0.4) is 0 Å². The molecule has 0 aromatic carbocycles. The summed E-state index contributed by atoms with van der Waals surface area (Å²) in [5.41, 5.74) is 0. The first-order valence-electron chi connectivity index (χ1n) is 5.22. The van der Waals surface area contributed by atoms with E-state index < -0.39 is 6.43 Å². The van der Waals surface area contributed by atoms with Gasteiger partial charge in [-0.25, -0.2) is 13.8 Å². The van der Waals surface area contributed by atoms with Gasteiger partial charge in [0, 0.05) is 24.1 Å². The molecule has 17 heavy (non-hydrogen) atoms. The lowest BCUT2D eigenvalue weighted by Crippen LogP contribution is -2.32. The summed E-state index contributed by atoms with van der Waals surface area (Å²) in [4.78, 5) is 9.47. The van der Waals surface area contributed by atoms with Gasteiger partial charge in [0.05, 0.1) is 13.2 Å². The Hall–Kier alpha value is -0.980. The van der Waals surface area contributed by atoms with Gasteiger partial charge in [-0.2, -0.15) is 4.98 Å². The maximum Gasteiger partial charge on any atom is 0.255 e. The second-order valence-electron chi connectivity index (χ2n) is 3.15. The van der Waals surface area contributed by atoms with Crippen molar-refractivity contribution in [3.63, 3.8) is 0 Å². The van der Waals surface area contributed by atoms with Crippen molar-refractivity contribution in [2.45, 2.75) is 13.3 Å². The number of ether oxygens (including phenoxy) is 1. The van der Waals surface area contributed by atoms with Crippen LogP contribution in [0.2, 0.25) is 0 Å². The quantitative estimate of drug-likeness (QED) is 0.725. The summed E-state index contributed by atoms with van der Waals surface area (Å²) in [6.07, 6.45) is -0.923. The summed E-state index contributed by atoms with van der Waals surface area (Å²) >= 11 is 3.21. The van der Waals surface area contributed by atoms with E-state index in [-0.39, 0.29) is 12.5 Å². The highest BCUT2D eigenvalue weighted by Crippen LogP contribution is 2.14. The van der Waals surface area contributed by atoms with Crippen LogP contribution in [0, 0.1) is 0 Å². The van der Waals surface area contributed by atoms with E-state index >= 15 is 0 Å². The Morgan fingerprint density at radius 2 is 2.29 bits per heavy atom. The molecule has 7 heteroatoms. The van der Waals surface area contributed by atoms with Gasteiger partial charge < -0.3 is 9.64 Å². The van der Waals surface area contributed by atoms with Crippen LogP contribution in [0.4, 0.5) is 14.7 Å². The van der Waals surface area contributed by atoms with Gasteiger partial charge in [-0.1, -0.05) is 15.9 Å². The van der Waals surface area contributed by atoms with Gasteiger partial charge in [0.15, 0.2) is 0 Å². The third kappa shape index (κ3) is 4.80. The molecule has 0 saturated carbocycles. The number of rotatable bonds is 7. The van der Waals surface area contributed by atoms with Gasteiger partial charge in [0.2, 0.25) is 11.8 Å². The molecule has 0 aliphatic carbocycles. The summed E-state index contributed by atoms with van der Waals surface area (Å²) in [5.74, 6) is 0.655. The van der Waals surface area contributed by atoms with Crippen LogP contribution in [-0.2, 0) is 0 Å². The summed E-state index contributed by atoms with van der Waals surface area (Å²) < 4.78 is 30.0. The highest BCUT2D eigenvalue weighted by molar-refractivity contribution is 9.09. The average Bonchev–Trinajstić information content (AvgIpc) is 2.29. The molecule has 0 aliphatic rings. The zero-order valence-corrected chi connectivity index (χ0v) is 11.0. The molecule has 1 aromatic heterocycles. The monoisotopic (exact) mass is 309 g/mol. The number of alkyl halides is 3. The first-order valence-corrected chi connectivity index (χ1v) is 6.34. The Kier molecular flexibility index (Phi) is 6.10. The third-order valence-corrected chi connectivity index (χ3v) is 2.26. The minimum atomic E-state index is -2.42. The average molecular weight is 310 g/mol. The summed E-state index contributed by atoms with van der Waals surface area (Å²) in [5, 5.41) is 0.571. The van der Waals surface area contributed by atoms with Crippen molar-refractivity contribution in [1.82, 2.24) is 9.97 Å².